The van der Waals surface area contributed by atoms with Crippen molar-refractivity contribution in [2.24, 2.45) is 0 Å². The molecule has 0 aromatic heterocycles. The van der Waals surface area contributed by atoms with Crippen LogP contribution in [0.5, 0.6) is 0 Å². The molecule has 0 aliphatic carbocycles. The van der Waals surface area contributed by atoms with Crippen LogP contribution in [0.25, 0.3) is 0 Å². The number of nitrogens with one attached hydrogen (secondary N) is 1. The lowest BCUT2D eigenvalue weighted by atomic mass is 10.2. The number of amides is 1. The molecule has 0 atom stereocenters. The fourth-order valence-corrected chi connectivity index (χ4v) is 1.66. The maximum absolute atomic E-state index is 13.4. The molecular weight excluding hydrogens is 313 g/mol. The molecule has 2 aromatic carbocycles. The minimum atomic E-state index is -2.29. The number of rotatable bonds is 2. The van der Waals surface area contributed by atoms with Gasteiger partial charge in [-0.15, -0.1) is 12.6 Å². The SMILES string of the molecule is O=C(Nc1c(F)c(F)c(F)c(F)c1F)c1ccc(S)cc1. The molecule has 0 saturated heterocycles. The zero-order valence-electron chi connectivity index (χ0n) is 10.1. The molecule has 0 bridgehead atoms. The van der Waals surface area contributed by atoms with Gasteiger partial charge in [-0.05, 0) is 24.3 Å². The van der Waals surface area contributed by atoms with Crippen molar-refractivity contribution in [1.82, 2.24) is 0 Å². The van der Waals surface area contributed by atoms with Crippen LogP contribution in [0.4, 0.5) is 27.6 Å². The van der Waals surface area contributed by atoms with Crippen LogP contribution in [-0.2, 0) is 0 Å². The summed E-state index contributed by atoms with van der Waals surface area (Å²) in [5.74, 6) is -11.8. The summed E-state index contributed by atoms with van der Waals surface area (Å²) in [4.78, 5) is 12.3. The van der Waals surface area contributed by atoms with Crippen LogP contribution in [0, 0.1) is 29.1 Å². The van der Waals surface area contributed by atoms with Crippen molar-refractivity contribution >= 4 is 24.2 Å². The highest BCUT2D eigenvalue weighted by molar-refractivity contribution is 7.80. The van der Waals surface area contributed by atoms with Crippen LogP contribution in [0.15, 0.2) is 29.2 Å². The lowest BCUT2D eigenvalue weighted by Crippen LogP contribution is -2.16. The van der Waals surface area contributed by atoms with Crippen molar-refractivity contribution in [2.45, 2.75) is 4.90 Å². The van der Waals surface area contributed by atoms with Gasteiger partial charge in [-0.25, -0.2) is 22.0 Å². The van der Waals surface area contributed by atoms with Crippen LogP contribution in [-0.4, -0.2) is 5.91 Å². The number of carbonyl (C=O) groups excluding carboxylic acids is 1. The Balaban J connectivity index is 2.40. The molecule has 8 heteroatoms. The van der Waals surface area contributed by atoms with Gasteiger partial charge < -0.3 is 5.32 Å². The maximum atomic E-state index is 13.4. The molecule has 0 unspecified atom stereocenters. The Hall–Kier alpha value is -2.09. The van der Waals surface area contributed by atoms with Crippen molar-refractivity contribution in [3.63, 3.8) is 0 Å². The summed E-state index contributed by atoms with van der Waals surface area (Å²) >= 11 is 3.98. The van der Waals surface area contributed by atoms with Gasteiger partial charge in [0, 0.05) is 10.5 Å². The van der Waals surface area contributed by atoms with Gasteiger partial charge >= 0.3 is 0 Å². The normalized spacial score (nSPS) is 10.6. The zero-order chi connectivity index (χ0) is 15.7. The van der Waals surface area contributed by atoms with Crippen LogP contribution >= 0.6 is 12.6 Å². The lowest BCUT2D eigenvalue weighted by molar-refractivity contribution is 0.102. The molecule has 0 fully saturated rings. The average molecular weight is 319 g/mol. The summed E-state index contributed by atoms with van der Waals surface area (Å²) in [5, 5.41) is 1.66. The lowest BCUT2D eigenvalue weighted by Gasteiger charge is -2.10. The van der Waals surface area contributed by atoms with E-state index in [1.165, 1.54) is 24.3 Å². The van der Waals surface area contributed by atoms with Gasteiger partial charge in [0.2, 0.25) is 5.82 Å². The Bertz CT molecular complexity index is 688. The van der Waals surface area contributed by atoms with Crippen molar-refractivity contribution in [3.05, 3.63) is 58.9 Å². The number of thiol groups is 1. The molecule has 0 radical (unpaired) electrons. The van der Waals surface area contributed by atoms with E-state index in [9.17, 15) is 26.7 Å². The van der Waals surface area contributed by atoms with Crippen LogP contribution < -0.4 is 5.32 Å². The molecule has 1 amide bonds. The molecule has 0 heterocycles. The van der Waals surface area contributed by atoms with Gasteiger partial charge in [0.25, 0.3) is 5.91 Å². The molecule has 110 valence electrons. The Labute approximate surface area is 121 Å². The van der Waals surface area contributed by atoms with E-state index in [1.54, 1.807) is 5.32 Å². The van der Waals surface area contributed by atoms with E-state index in [-0.39, 0.29) is 5.56 Å². The minimum absolute atomic E-state index is 0.0308. The van der Waals surface area contributed by atoms with Gasteiger partial charge in [0.15, 0.2) is 23.3 Å². The summed E-state index contributed by atoms with van der Waals surface area (Å²) in [6.07, 6.45) is 0. The van der Waals surface area contributed by atoms with Crippen LogP contribution in [0.2, 0.25) is 0 Å². The minimum Gasteiger partial charge on any atom is -0.317 e. The Morgan fingerprint density at radius 3 is 1.71 bits per heavy atom. The summed E-state index contributed by atoms with van der Waals surface area (Å²) in [6.45, 7) is 0. The summed E-state index contributed by atoms with van der Waals surface area (Å²) in [5.41, 5.74) is -1.43. The van der Waals surface area contributed by atoms with Gasteiger partial charge in [-0.3, -0.25) is 4.79 Å². The molecule has 2 aromatic rings. The molecule has 0 aliphatic rings. The fourth-order valence-electron chi connectivity index (χ4n) is 1.51. The molecule has 21 heavy (non-hydrogen) atoms. The highest BCUT2D eigenvalue weighted by Crippen LogP contribution is 2.27. The molecule has 1 N–H and O–H groups in total. The standard InChI is InChI=1S/C13H6F5NOS/c14-7-8(15)10(17)12(11(18)9(7)16)19-13(20)5-1-3-6(21)4-2-5/h1-4,21H,(H,19,20). The largest absolute Gasteiger partial charge is 0.317 e. The molecule has 0 saturated carbocycles. The third-order valence-electron chi connectivity index (χ3n) is 2.58. The molecule has 0 spiro atoms. The Morgan fingerprint density at radius 1 is 0.810 bits per heavy atom. The van der Waals surface area contributed by atoms with E-state index < -0.39 is 40.7 Å². The quantitative estimate of drug-likeness (QED) is 0.373. The van der Waals surface area contributed by atoms with Gasteiger partial charge in [-0.1, -0.05) is 0 Å². The highest BCUT2D eigenvalue weighted by atomic mass is 32.1. The molecular formula is C13H6F5NOS. The summed E-state index contributed by atoms with van der Waals surface area (Å²) < 4.78 is 65.6. The first-order valence-electron chi connectivity index (χ1n) is 5.44. The fraction of sp³-hybridized carbons (Fsp3) is 0. The predicted molar refractivity (Wildman–Crippen MR) is 67.9 cm³/mol. The number of carbonyl (C=O) groups is 1. The van der Waals surface area contributed by atoms with Gasteiger partial charge in [0.1, 0.15) is 5.69 Å². The van der Waals surface area contributed by atoms with E-state index in [0.29, 0.717) is 4.90 Å². The van der Waals surface area contributed by atoms with Crippen LogP contribution in [0.1, 0.15) is 10.4 Å². The number of hydrogen-bond acceptors (Lipinski definition) is 2. The van der Waals surface area contributed by atoms with Crippen molar-refractivity contribution in [3.8, 4) is 0 Å². The number of hydrogen-bond donors (Lipinski definition) is 2. The second kappa shape index (κ2) is 5.72. The number of anilines is 1. The highest BCUT2D eigenvalue weighted by Gasteiger charge is 2.26. The van der Waals surface area contributed by atoms with E-state index in [1.807, 2.05) is 0 Å². The third-order valence-corrected chi connectivity index (χ3v) is 2.88. The van der Waals surface area contributed by atoms with E-state index >= 15 is 0 Å². The Morgan fingerprint density at radius 2 is 1.24 bits per heavy atom. The molecule has 0 aliphatic heterocycles. The van der Waals surface area contributed by atoms with E-state index in [0.717, 1.165) is 0 Å². The van der Waals surface area contributed by atoms with Crippen molar-refractivity contribution < 1.29 is 26.7 Å². The Kier molecular flexibility index (Phi) is 4.17. The summed E-state index contributed by atoms with van der Waals surface area (Å²) in [6, 6.07) is 5.42. The first-order chi connectivity index (χ1) is 9.82. The van der Waals surface area contributed by atoms with Crippen molar-refractivity contribution in [2.75, 3.05) is 5.32 Å². The smallest absolute Gasteiger partial charge is 0.255 e. The first-order valence-corrected chi connectivity index (χ1v) is 5.89. The third kappa shape index (κ3) is 2.85. The monoisotopic (exact) mass is 319 g/mol. The van der Waals surface area contributed by atoms with E-state index in [2.05, 4.69) is 12.6 Å². The first kappa shape index (κ1) is 15.3. The average Bonchev–Trinajstić information content (AvgIpc) is 2.48. The number of benzene rings is 2. The predicted octanol–water partition coefficient (Wildman–Crippen LogP) is 3.92. The van der Waals surface area contributed by atoms with Gasteiger partial charge in [0.05, 0.1) is 0 Å². The number of halogens is 5. The van der Waals surface area contributed by atoms with Gasteiger partial charge in [-0.2, -0.15) is 0 Å². The molecule has 2 nitrogen and oxygen atoms in total. The molecule has 2 rings (SSSR count). The zero-order valence-corrected chi connectivity index (χ0v) is 10.9. The second-order valence-electron chi connectivity index (χ2n) is 3.95. The summed E-state index contributed by atoms with van der Waals surface area (Å²) in [7, 11) is 0. The van der Waals surface area contributed by atoms with Crippen LogP contribution in [0.3, 0.4) is 0 Å². The maximum Gasteiger partial charge on any atom is 0.255 e. The van der Waals surface area contributed by atoms with Crippen molar-refractivity contribution in [1.29, 1.82) is 0 Å². The second-order valence-corrected chi connectivity index (χ2v) is 4.46. The topological polar surface area (TPSA) is 29.1 Å². The van der Waals surface area contributed by atoms with E-state index in [4.69, 9.17) is 0 Å².